The highest BCUT2D eigenvalue weighted by atomic mass is 19.4. The number of rotatable bonds is 4. The molecule has 0 saturated carbocycles. The largest absolute Gasteiger partial charge is 0.454 e. The fourth-order valence-corrected chi connectivity index (χ4v) is 8.92. The number of fused-ring (bicyclic) bond motifs is 10. The van der Waals surface area contributed by atoms with Crippen LogP contribution in [0.1, 0.15) is 30.5 Å². The monoisotopic (exact) mass is 748 g/mol. The van der Waals surface area contributed by atoms with Crippen LogP contribution in [-0.4, -0.2) is 19.5 Å². The van der Waals surface area contributed by atoms with E-state index in [1.807, 2.05) is 121 Å². The quantitative estimate of drug-likeness (QED) is 0.180. The number of benzene rings is 7. The predicted molar refractivity (Wildman–Crippen MR) is 220 cm³/mol. The maximum atomic E-state index is 16.0. The minimum Gasteiger partial charge on any atom is -0.454 e. The molecule has 10 aromatic rings. The van der Waals surface area contributed by atoms with Gasteiger partial charge in [0.2, 0.25) is 0 Å². The molecular formula is C49H31F3N4O. The van der Waals surface area contributed by atoms with E-state index in [0.717, 1.165) is 27.5 Å². The van der Waals surface area contributed by atoms with Crippen molar-refractivity contribution in [3.63, 3.8) is 0 Å². The lowest BCUT2D eigenvalue weighted by molar-refractivity contribution is -0.137. The first-order valence-electron chi connectivity index (χ1n) is 18.8. The van der Waals surface area contributed by atoms with Gasteiger partial charge in [-0.25, -0.2) is 15.0 Å². The summed E-state index contributed by atoms with van der Waals surface area (Å²) < 4.78 is 56.4. The third-order valence-corrected chi connectivity index (χ3v) is 11.5. The van der Waals surface area contributed by atoms with E-state index >= 15 is 13.2 Å². The van der Waals surface area contributed by atoms with Crippen molar-refractivity contribution < 1.29 is 17.6 Å². The zero-order valence-electron chi connectivity index (χ0n) is 30.8. The normalized spacial score (nSPS) is 13.5. The van der Waals surface area contributed by atoms with Crippen LogP contribution in [0, 0.1) is 0 Å². The molecule has 5 nitrogen and oxygen atoms in total. The van der Waals surface area contributed by atoms with Crippen LogP contribution in [0.25, 0.3) is 94.7 Å². The third-order valence-electron chi connectivity index (χ3n) is 11.5. The number of alkyl halides is 3. The van der Waals surface area contributed by atoms with E-state index in [0.29, 0.717) is 50.2 Å². The Morgan fingerprint density at radius 1 is 0.544 bits per heavy atom. The number of para-hydroxylation sites is 2. The summed E-state index contributed by atoms with van der Waals surface area (Å²) in [6.07, 6.45) is -4.81. The number of aromatic nitrogens is 4. The molecule has 0 fully saturated rings. The first-order valence-corrected chi connectivity index (χ1v) is 18.8. The topological polar surface area (TPSA) is 56.7 Å². The van der Waals surface area contributed by atoms with Gasteiger partial charge < -0.3 is 8.98 Å². The Balaban J connectivity index is 1.29. The molecule has 274 valence electrons. The number of hydrogen-bond donors (Lipinski definition) is 0. The Kier molecular flexibility index (Phi) is 6.99. The van der Waals surface area contributed by atoms with E-state index in [-0.39, 0.29) is 28.1 Å². The van der Waals surface area contributed by atoms with E-state index in [9.17, 15) is 0 Å². The van der Waals surface area contributed by atoms with Crippen molar-refractivity contribution in [2.75, 3.05) is 0 Å². The van der Waals surface area contributed by atoms with Crippen LogP contribution >= 0.6 is 0 Å². The molecule has 0 saturated heterocycles. The second-order valence-electron chi connectivity index (χ2n) is 15.1. The van der Waals surface area contributed by atoms with Gasteiger partial charge in [0.1, 0.15) is 11.3 Å². The average molecular weight is 749 g/mol. The minimum absolute atomic E-state index is 0.0882. The first kappa shape index (κ1) is 33.3. The van der Waals surface area contributed by atoms with Crippen molar-refractivity contribution in [2.45, 2.75) is 25.4 Å². The van der Waals surface area contributed by atoms with Gasteiger partial charge in [-0.3, -0.25) is 0 Å². The SMILES string of the molecule is CC1(C)c2ccccc2-c2c1ccc1c2c2ccccc2n1-c1c(C(F)(F)F)cc(-c2nc(-c3ccccc3)nc(-c3ccccc3)n2)c2c1oc1ccccc12. The van der Waals surface area contributed by atoms with Gasteiger partial charge in [0.15, 0.2) is 23.1 Å². The molecule has 7 aromatic carbocycles. The number of nitrogens with zero attached hydrogens (tertiary/aromatic N) is 4. The summed E-state index contributed by atoms with van der Waals surface area (Å²) >= 11 is 0. The van der Waals surface area contributed by atoms with Gasteiger partial charge in [0, 0.05) is 43.7 Å². The van der Waals surface area contributed by atoms with Crippen molar-refractivity contribution in [1.82, 2.24) is 19.5 Å². The van der Waals surface area contributed by atoms with Crippen molar-refractivity contribution in [3.8, 4) is 51.0 Å². The van der Waals surface area contributed by atoms with Gasteiger partial charge in [0.25, 0.3) is 0 Å². The molecule has 0 bridgehead atoms. The van der Waals surface area contributed by atoms with Crippen molar-refractivity contribution in [1.29, 1.82) is 0 Å². The Labute approximate surface area is 324 Å². The summed E-state index contributed by atoms with van der Waals surface area (Å²) in [5.41, 5.74) is 6.65. The molecule has 11 rings (SSSR count). The van der Waals surface area contributed by atoms with E-state index < -0.39 is 11.7 Å². The molecule has 0 spiro atoms. The Morgan fingerprint density at radius 3 is 1.84 bits per heavy atom. The second-order valence-corrected chi connectivity index (χ2v) is 15.1. The molecule has 0 N–H and O–H groups in total. The highest BCUT2D eigenvalue weighted by molar-refractivity contribution is 6.20. The molecule has 8 heteroatoms. The van der Waals surface area contributed by atoms with Crippen LogP contribution in [0.15, 0.2) is 156 Å². The third kappa shape index (κ3) is 4.86. The molecule has 3 aromatic heterocycles. The number of furan rings is 1. The summed E-state index contributed by atoms with van der Waals surface area (Å²) in [6.45, 7) is 4.41. The van der Waals surface area contributed by atoms with E-state index in [2.05, 4.69) is 32.0 Å². The van der Waals surface area contributed by atoms with Crippen molar-refractivity contribution in [2.24, 2.45) is 0 Å². The van der Waals surface area contributed by atoms with E-state index in [1.54, 1.807) is 10.6 Å². The van der Waals surface area contributed by atoms with Crippen LogP contribution in [-0.2, 0) is 11.6 Å². The van der Waals surface area contributed by atoms with Crippen LogP contribution in [0.3, 0.4) is 0 Å². The molecule has 0 amide bonds. The van der Waals surface area contributed by atoms with Crippen LogP contribution in [0.5, 0.6) is 0 Å². The number of halogens is 3. The smallest absolute Gasteiger partial charge is 0.418 e. The molecule has 57 heavy (non-hydrogen) atoms. The fraction of sp³-hybridized carbons (Fsp3) is 0.0816. The molecule has 0 unspecified atom stereocenters. The standard InChI is InChI=1S/C49H31F3N4O/c1-48(2)34-22-12-9-19-30(34)41-35(48)25-26-38-42(41)31-20-10-13-23-37(31)56(38)43-36(49(50,51)52)27-33(40-32-21-11-14-24-39(32)57-44(40)43)47-54-45(28-15-5-3-6-16-28)53-46(55-47)29-17-7-4-8-18-29/h3-27H,1-2H3. The fourth-order valence-electron chi connectivity index (χ4n) is 8.92. The van der Waals surface area contributed by atoms with Gasteiger partial charge in [-0.1, -0.05) is 141 Å². The van der Waals surface area contributed by atoms with Gasteiger partial charge in [-0.2, -0.15) is 13.2 Å². The Hall–Kier alpha value is -7.06. The lowest BCUT2D eigenvalue weighted by Gasteiger charge is -2.21. The van der Waals surface area contributed by atoms with Crippen molar-refractivity contribution >= 4 is 43.7 Å². The lowest BCUT2D eigenvalue weighted by atomic mass is 9.82. The molecule has 1 aliphatic rings. The molecule has 0 radical (unpaired) electrons. The molecular weight excluding hydrogens is 718 g/mol. The van der Waals surface area contributed by atoms with E-state index in [1.165, 1.54) is 11.6 Å². The summed E-state index contributed by atoms with van der Waals surface area (Å²) in [5.74, 6) is 0.796. The summed E-state index contributed by atoms with van der Waals surface area (Å²) in [6, 6.07) is 47.4. The van der Waals surface area contributed by atoms with Gasteiger partial charge in [0.05, 0.1) is 16.6 Å². The summed E-state index contributed by atoms with van der Waals surface area (Å²) in [7, 11) is 0. The van der Waals surface area contributed by atoms with Crippen LogP contribution in [0.4, 0.5) is 13.2 Å². The average Bonchev–Trinajstić information content (AvgIpc) is 3.86. The van der Waals surface area contributed by atoms with Crippen LogP contribution in [0.2, 0.25) is 0 Å². The zero-order chi connectivity index (χ0) is 38.6. The van der Waals surface area contributed by atoms with E-state index in [4.69, 9.17) is 19.4 Å². The summed E-state index contributed by atoms with van der Waals surface area (Å²) in [4.78, 5) is 14.6. The highest BCUT2D eigenvalue weighted by Crippen LogP contribution is 2.54. The van der Waals surface area contributed by atoms with Gasteiger partial charge in [-0.15, -0.1) is 0 Å². The van der Waals surface area contributed by atoms with Crippen LogP contribution < -0.4 is 0 Å². The minimum atomic E-state index is -4.81. The maximum absolute atomic E-state index is 16.0. The molecule has 1 aliphatic carbocycles. The Bertz CT molecular complexity index is 3200. The zero-order valence-corrected chi connectivity index (χ0v) is 30.8. The maximum Gasteiger partial charge on any atom is 0.418 e. The lowest BCUT2D eigenvalue weighted by Crippen LogP contribution is -2.14. The molecule has 0 atom stereocenters. The highest BCUT2D eigenvalue weighted by Gasteiger charge is 2.41. The van der Waals surface area contributed by atoms with Gasteiger partial charge in [-0.05, 0) is 46.5 Å². The van der Waals surface area contributed by atoms with Gasteiger partial charge >= 0.3 is 6.18 Å². The second kappa shape index (κ2) is 12.0. The molecule has 0 aliphatic heterocycles. The predicted octanol–water partition coefficient (Wildman–Crippen LogP) is 13.2. The Morgan fingerprint density at radius 2 is 1.14 bits per heavy atom. The molecule has 3 heterocycles. The summed E-state index contributed by atoms with van der Waals surface area (Å²) in [5, 5.41) is 2.89. The number of hydrogen-bond acceptors (Lipinski definition) is 4. The van der Waals surface area contributed by atoms with Crippen molar-refractivity contribution in [3.05, 3.63) is 168 Å². The first-order chi connectivity index (χ1) is 27.7.